The van der Waals surface area contributed by atoms with E-state index in [1.54, 1.807) is 0 Å². The largest absolute Gasteiger partial charge is 0.348 e. The van der Waals surface area contributed by atoms with Gasteiger partial charge in [-0.3, -0.25) is 4.79 Å². The van der Waals surface area contributed by atoms with Gasteiger partial charge in [-0.25, -0.2) is 0 Å². The molecule has 0 aromatic carbocycles. The van der Waals surface area contributed by atoms with Crippen LogP contribution in [0.4, 0.5) is 0 Å². The lowest BCUT2D eigenvalue weighted by Gasteiger charge is -2.30. The number of unbranched alkanes of at least 4 members (excludes halogenated alkanes) is 3. The van der Waals surface area contributed by atoms with Crippen molar-refractivity contribution in [3.63, 3.8) is 0 Å². The third kappa shape index (κ3) is 4.15. The molecule has 1 aliphatic carbocycles. The highest BCUT2D eigenvalue weighted by Gasteiger charge is 2.33. The predicted octanol–water partition coefficient (Wildman–Crippen LogP) is 4.88. The van der Waals surface area contributed by atoms with Gasteiger partial charge in [0, 0.05) is 29.9 Å². The number of hydrogen-bond acceptors (Lipinski definition) is 2. The van der Waals surface area contributed by atoms with Gasteiger partial charge in [0.05, 0.1) is 0 Å². The molecule has 0 saturated heterocycles. The molecule has 0 amide bonds. The Hall–Kier alpha value is -0.700. The average molecular weight is 308 g/mol. The van der Waals surface area contributed by atoms with Crippen molar-refractivity contribution in [1.82, 2.24) is 4.57 Å². The normalized spacial score (nSPS) is 17.0. The molecule has 1 aliphatic rings. The summed E-state index contributed by atoms with van der Waals surface area (Å²) in [5, 5.41) is 0. The molecule has 0 atom stereocenters. The first-order valence-electron chi connectivity index (χ1n) is 8.16. The zero-order valence-corrected chi connectivity index (χ0v) is 14.8. The van der Waals surface area contributed by atoms with Gasteiger partial charge in [0.25, 0.3) is 0 Å². The van der Waals surface area contributed by atoms with Gasteiger partial charge >= 0.3 is 0 Å². The molecule has 0 fully saturated rings. The van der Waals surface area contributed by atoms with Gasteiger partial charge in [0.2, 0.25) is 0 Å². The monoisotopic (exact) mass is 307 g/mol. The Bertz CT molecular complexity index is 502. The standard InChI is InChI=1S/C18H29NOS/c1-14-11-15-16(12-18(2,3)13-17(15)20)19(14)9-7-5-6-8-10-21-4/h11H,5-10,12-13H2,1-4H3. The van der Waals surface area contributed by atoms with E-state index in [1.165, 1.54) is 42.8 Å². The van der Waals surface area contributed by atoms with E-state index in [0.717, 1.165) is 18.5 Å². The Morgan fingerprint density at radius 1 is 1.19 bits per heavy atom. The maximum absolute atomic E-state index is 12.3. The van der Waals surface area contributed by atoms with Crippen molar-refractivity contribution in [2.24, 2.45) is 5.41 Å². The molecular formula is C18H29NOS. The molecule has 21 heavy (non-hydrogen) atoms. The fourth-order valence-electron chi connectivity index (χ4n) is 3.39. The van der Waals surface area contributed by atoms with Gasteiger partial charge in [0.1, 0.15) is 0 Å². The number of carbonyl (C=O) groups excluding carboxylic acids is 1. The molecule has 0 bridgehead atoms. The van der Waals surface area contributed by atoms with Crippen LogP contribution in [-0.4, -0.2) is 22.4 Å². The van der Waals surface area contributed by atoms with Crippen molar-refractivity contribution in [1.29, 1.82) is 0 Å². The molecule has 0 spiro atoms. The molecule has 3 heteroatoms. The number of hydrogen-bond donors (Lipinski definition) is 0. The molecule has 0 aliphatic heterocycles. The summed E-state index contributed by atoms with van der Waals surface area (Å²) in [7, 11) is 0. The van der Waals surface area contributed by atoms with Crippen LogP contribution in [0.2, 0.25) is 0 Å². The number of rotatable bonds is 7. The zero-order valence-electron chi connectivity index (χ0n) is 14.0. The summed E-state index contributed by atoms with van der Waals surface area (Å²) in [6.45, 7) is 7.64. The van der Waals surface area contributed by atoms with Gasteiger partial charge in [-0.1, -0.05) is 26.7 Å². The van der Waals surface area contributed by atoms with Crippen LogP contribution in [0, 0.1) is 12.3 Å². The summed E-state index contributed by atoms with van der Waals surface area (Å²) in [4.78, 5) is 12.3. The van der Waals surface area contributed by atoms with Crippen molar-refractivity contribution in [3.05, 3.63) is 23.0 Å². The lowest BCUT2D eigenvalue weighted by Crippen LogP contribution is -2.28. The fraction of sp³-hybridized carbons (Fsp3) is 0.722. The van der Waals surface area contributed by atoms with Gasteiger partial charge < -0.3 is 4.57 Å². The lowest BCUT2D eigenvalue weighted by molar-refractivity contribution is 0.0910. The van der Waals surface area contributed by atoms with Crippen LogP contribution in [0.1, 0.15) is 67.7 Å². The Balaban J connectivity index is 1.99. The predicted molar refractivity (Wildman–Crippen MR) is 92.5 cm³/mol. The van der Waals surface area contributed by atoms with Crippen LogP contribution < -0.4 is 0 Å². The summed E-state index contributed by atoms with van der Waals surface area (Å²) in [6.07, 6.45) is 9.08. The van der Waals surface area contributed by atoms with Crippen LogP contribution in [0.5, 0.6) is 0 Å². The second-order valence-electron chi connectivity index (χ2n) is 7.15. The van der Waals surface area contributed by atoms with Crippen molar-refractivity contribution in [2.45, 2.75) is 65.8 Å². The summed E-state index contributed by atoms with van der Waals surface area (Å²) in [6, 6.07) is 2.11. The molecule has 1 aromatic heterocycles. The molecule has 2 nitrogen and oxygen atoms in total. The highest BCUT2D eigenvalue weighted by Crippen LogP contribution is 2.36. The summed E-state index contributed by atoms with van der Waals surface area (Å²) < 4.78 is 2.41. The summed E-state index contributed by atoms with van der Waals surface area (Å²) in [5.41, 5.74) is 3.66. The number of nitrogens with zero attached hydrogens (tertiary/aromatic N) is 1. The van der Waals surface area contributed by atoms with E-state index >= 15 is 0 Å². The average Bonchev–Trinajstić information content (AvgIpc) is 2.69. The smallest absolute Gasteiger partial charge is 0.165 e. The zero-order chi connectivity index (χ0) is 15.5. The van der Waals surface area contributed by atoms with Crippen molar-refractivity contribution < 1.29 is 4.79 Å². The minimum atomic E-state index is 0.116. The molecular weight excluding hydrogens is 278 g/mol. The van der Waals surface area contributed by atoms with Crippen molar-refractivity contribution in [2.75, 3.05) is 12.0 Å². The molecule has 0 radical (unpaired) electrons. The van der Waals surface area contributed by atoms with E-state index in [4.69, 9.17) is 0 Å². The Morgan fingerprint density at radius 3 is 2.62 bits per heavy atom. The molecule has 0 N–H and O–H groups in total. The maximum Gasteiger partial charge on any atom is 0.165 e. The molecule has 0 unspecified atom stereocenters. The van der Waals surface area contributed by atoms with Gasteiger partial charge in [-0.05, 0) is 49.7 Å². The quantitative estimate of drug-likeness (QED) is 0.670. The minimum absolute atomic E-state index is 0.116. The number of fused-ring (bicyclic) bond motifs is 1. The highest BCUT2D eigenvalue weighted by atomic mass is 32.2. The van der Waals surface area contributed by atoms with E-state index in [1.807, 2.05) is 11.8 Å². The number of aromatic nitrogens is 1. The first kappa shape index (κ1) is 16.7. The number of ketones is 1. The number of thioether (sulfide) groups is 1. The maximum atomic E-state index is 12.3. The second-order valence-corrected chi connectivity index (χ2v) is 8.13. The third-order valence-corrected chi connectivity index (χ3v) is 5.18. The number of carbonyl (C=O) groups is 1. The highest BCUT2D eigenvalue weighted by molar-refractivity contribution is 7.98. The van der Waals surface area contributed by atoms with E-state index in [2.05, 4.69) is 37.7 Å². The number of aryl methyl sites for hydroxylation is 1. The second kappa shape index (κ2) is 7.04. The third-order valence-electron chi connectivity index (χ3n) is 4.48. The Labute approximate surface area is 133 Å². The summed E-state index contributed by atoms with van der Waals surface area (Å²) >= 11 is 1.94. The molecule has 1 heterocycles. The van der Waals surface area contributed by atoms with Crippen molar-refractivity contribution >= 4 is 17.5 Å². The summed E-state index contributed by atoms with van der Waals surface area (Å²) in [5.74, 6) is 1.61. The van der Waals surface area contributed by atoms with E-state index in [0.29, 0.717) is 12.2 Å². The first-order valence-corrected chi connectivity index (χ1v) is 9.55. The van der Waals surface area contributed by atoms with E-state index in [9.17, 15) is 4.79 Å². The SMILES string of the molecule is CSCCCCCCn1c(C)cc2c1CC(C)(C)CC2=O. The van der Waals surface area contributed by atoms with Crippen LogP contribution in [-0.2, 0) is 13.0 Å². The Kier molecular flexibility index (Phi) is 5.59. The topological polar surface area (TPSA) is 22.0 Å². The van der Waals surface area contributed by atoms with Crippen LogP contribution in [0.3, 0.4) is 0 Å². The van der Waals surface area contributed by atoms with E-state index in [-0.39, 0.29) is 5.41 Å². The minimum Gasteiger partial charge on any atom is -0.348 e. The molecule has 118 valence electrons. The molecule has 1 aromatic rings. The first-order chi connectivity index (χ1) is 9.94. The van der Waals surface area contributed by atoms with Crippen LogP contribution in [0.15, 0.2) is 6.07 Å². The van der Waals surface area contributed by atoms with Gasteiger partial charge in [0.15, 0.2) is 5.78 Å². The van der Waals surface area contributed by atoms with Crippen molar-refractivity contribution in [3.8, 4) is 0 Å². The van der Waals surface area contributed by atoms with E-state index < -0.39 is 0 Å². The van der Waals surface area contributed by atoms with Crippen LogP contribution >= 0.6 is 11.8 Å². The van der Waals surface area contributed by atoms with Gasteiger partial charge in [-0.15, -0.1) is 0 Å². The molecule has 0 saturated carbocycles. The molecule has 2 rings (SSSR count). The van der Waals surface area contributed by atoms with Gasteiger partial charge in [-0.2, -0.15) is 11.8 Å². The Morgan fingerprint density at radius 2 is 1.90 bits per heavy atom. The fourth-order valence-corrected chi connectivity index (χ4v) is 3.88. The number of Topliss-reactive ketones (excluding diaryl/α,β-unsaturated/α-hetero) is 1. The van der Waals surface area contributed by atoms with Crippen LogP contribution in [0.25, 0.3) is 0 Å². The lowest BCUT2D eigenvalue weighted by atomic mass is 9.76.